The number of nitrogens with one attached hydrogen (secondary N) is 1. The third kappa shape index (κ3) is 13.5. The number of ether oxygens (including phenoxy) is 1. The molecule has 0 radical (unpaired) electrons. The van der Waals surface area contributed by atoms with Crippen LogP contribution in [0.2, 0.25) is 0 Å². The molecule has 0 aliphatic carbocycles. The summed E-state index contributed by atoms with van der Waals surface area (Å²) in [5.41, 5.74) is 0. The van der Waals surface area contributed by atoms with Crippen molar-refractivity contribution in [3.8, 4) is 0 Å². The molecule has 3 nitrogen and oxygen atoms in total. The van der Waals surface area contributed by atoms with Gasteiger partial charge in [-0.3, -0.25) is 4.79 Å². The van der Waals surface area contributed by atoms with Crippen LogP contribution in [0, 0.1) is 11.8 Å². The first-order valence-electron chi connectivity index (χ1n) is 7.36. The lowest BCUT2D eigenvalue weighted by Crippen LogP contribution is -2.29. The second-order valence-corrected chi connectivity index (χ2v) is 5.86. The predicted octanol–water partition coefficient (Wildman–Crippen LogP) is 3.38. The van der Waals surface area contributed by atoms with E-state index >= 15 is 0 Å². The van der Waals surface area contributed by atoms with Crippen molar-refractivity contribution in [1.82, 2.24) is 5.32 Å². The normalized spacial score (nSPS) is 11.2. The lowest BCUT2D eigenvalue weighted by Gasteiger charge is -2.08. The SMILES string of the molecule is CC(C)CCCCCCNC(=O)COCC(C)C. The van der Waals surface area contributed by atoms with E-state index in [1.165, 1.54) is 25.7 Å². The topological polar surface area (TPSA) is 38.3 Å². The summed E-state index contributed by atoms with van der Waals surface area (Å²) in [5.74, 6) is 1.30. The Morgan fingerprint density at radius 1 is 1.00 bits per heavy atom. The van der Waals surface area contributed by atoms with Crippen LogP contribution in [0.3, 0.4) is 0 Å². The van der Waals surface area contributed by atoms with Gasteiger partial charge in [-0.05, 0) is 18.3 Å². The second kappa shape index (κ2) is 11.5. The fraction of sp³-hybridized carbons (Fsp3) is 0.933. The summed E-state index contributed by atoms with van der Waals surface area (Å²) in [4.78, 5) is 11.4. The van der Waals surface area contributed by atoms with Gasteiger partial charge in [0, 0.05) is 13.2 Å². The molecule has 0 aromatic rings. The van der Waals surface area contributed by atoms with E-state index in [0.717, 1.165) is 18.9 Å². The molecule has 3 heteroatoms. The van der Waals surface area contributed by atoms with E-state index in [1.54, 1.807) is 0 Å². The molecule has 1 amide bonds. The van der Waals surface area contributed by atoms with Gasteiger partial charge in [0.15, 0.2) is 0 Å². The largest absolute Gasteiger partial charge is 0.371 e. The molecule has 0 saturated carbocycles. The number of amides is 1. The van der Waals surface area contributed by atoms with Crippen molar-refractivity contribution < 1.29 is 9.53 Å². The minimum atomic E-state index is 0.0119. The summed E-state index contributed by atoms with van der Waals surface area (Å²) in [6.07, 6.45) is 6.18. The highest BCUT2D eigenvalue weighted by atomic mass is 16.5. The van der Waals surface area contributed by atoms with Crippen molar-refractivity contribution >= 4 is 5.91 Å². The summed E-state index contributed by atoms with van der Waals surface area (Å²) in [6, 6.07) is 0. The number of carbonyl (C=O) groups excluding carboxylic acids is 1. The van der Waals surface area contributed by atoms with E-state index < -0.39 is 0 Å². The van der Waals surface area contributed by atoms with E-state index in [-0.39, 0.29) is 12.5 Å². The Morgan fingerprint density at radius 2 is 1.67 bits per heavy atom. The van der Waals surface area contributed by atoms with Gasteiger partial charge < -0.3 is 10.1 Å². The molecule has 18 heavy (non-hydrogen) atoms. The Kier molecular flexibility index (Phi) is 11.2. The van der Waals surface area contributed by atoms with Gasteiger partial charge in [-0.15, -0.1) is 0 Å². The van der Waals surface area contributed by atoms with Crippen LogP contribution >= 0.6 is 0 Å². The van der Waals surface area contributed by atoms with Crippen molar-refractivity contribution in [3.05, 3.63) is 0 Å². The second-order valence-electron chi connectivity index (χ2n) is 5.86. The molecule has 0 unspecified atom stereocenters. The fourth-order valence-electron chi connectivity index (χ4n) is 1.70. The summed E-state index contributed by atoms with van der Waals surface area (Å²) < 4.78 is 5.27. The Morgan fingerprint density at radius 3 is 2.28 bits per heavy atom. The van der Waals surface area contributed by atoms with Crippen molar-refractivity contribution in [2.45, 2.75) is 59.8 Å². The van der Waals surface area contributed by atoms with Gasteiger partial charge in [0.05, 0.1) is 0 Å². The molecule has 0 rings (SSSR count). The van der Waals surface area contributed by atoms with Crippen LogP contribution in [0.25, 0.3) is 0 Å². The minimum Gasteiger partial charge on any atom is -0.371 e. The maximum Gasteiger partial charge on any atom is 0.245 e. The molecule has 0 spiro atoms. The molecule has 0 bridgehead atoms. The molecular weight excluding hydrogens is 226 g/mol. The van der Waals surface area contributed by atoms with Gasteiger partial charge in [0.1, 0.15) is 6.61 Å². The maximum atomic E-state index is 11.4. The van der Waals surface area contributed by atoms with Crippen LogP contribution in [0.1, 0.15) is 59.8 Å². The highest BCUT2D eigenvalue weighted by Crippen LogP contribution is 2.08. The number of rotatable bonds is 11. The quantitative estimate of drug-likeness (QED) is 0.576. The molecule has 0 aliphatic rings. The van der Waals surface area contributed by atoms with Gasteiger partial charge in [0.2, 0.25) is 5.91 Å². The van der Waals surface area contributed by atoms with Gasteiger partial charge >= 0.3 is 0 Å². The standard InChI is InChI=1S/C15H31NO2/c1-13(2)9-7-5-6-8-10-16-15(17)12-18-11-14(3)4/h13-14H,5-12H2,1-4H3,(H,16,17). The molecule has 0 fully saturated rings. The van der Waals surface area contributed by atoms with Crippen LogP contribution < -0.4 is 5.32 Å². The first kappa shape index (κ1) is 17.4. The maximum absolute atomic E-state index is 11.4. The number of unbranched alkanes of at least 4 members (excludes halogenated alkanes) is 3. The average Bonchev–Trinajstić information content (AvgIpc) is 2.26. The molecule has 0 saturated heterocycles. The highest BCUT2D eigenvalue weighted by Gasteiger charge is 2.01. The van der Waals surface area contributed by atoms with Gasteiger partial charge in [-0.25, -0.2) is 0 Å². The Labute approximate surface area is 113 Å². The zero-order valence-electron chi connectivity index (χ0n) is 12.6. The van der Waals surface area contributed by atoms with E-state index in [4.69, 9.17) is 4.74 Å². The fourth-order valence-corrected chi connectivity index (χ4v) is 1.70. The molecule has 108 valence electrons. The zero-order valence-corrected chi connectivity index (χ0v) is 12.6. The van der Waals surface area contributed by atoms with E-state index in [0.29, 0.717) is 12.5 Å². The molecule has 0 heterocycles. The first-order valence-corrected chi connectivity index (χ1v) is 7.36. The lowest BCUT2D eigenvalue weighted by atomic mass is 10.0. The monoisotopic (exact) mass is 257 g/mol. The van der Waals surface area contributed by atoms with Crippen LogP contribution in [-0.4, -0.2) is 25.7 Å². The molecule has 1 N–H and O–H groups in total. The zero-order chi connectivity index (χ0) is 13.8. The first-order chi connectivity index (χ1) is 8.52. The molecule has 0 aromatic heterocycles. The van der Waals surface area contributed by atoms with Gasteiger partial charge in [0.25, 0.3) is 0 Å². The summed E-state index contributed by atoms with van der Waals surface area (Å²) in [6.45, 7) is 10.3. The van der Waals surface area contributed by atoms with Crippen molar-refractivity contribution in [2.24, 2.45) is 11.8 Å². The van der Waals surface area contributed by atoms with E-state index in [2.05, 4.69) is 33.0 Å². The van der Waals surface area contributed by atoms with Crippen LogP contribution in [0.15, 0.2) is 0 Å². The summed E-state index contributed by atoms with van der Waals surface area (Å²) in [7, 11) is 0. The molecular formula is C15H31NO2. The van der Waals surface area contributed by atoms with Crippen LogP contribution in [0.4, 0.5) is 0 Å². The summed E-state index contributed by atoms with van der Waals surface area (Å²) in [5, 5.41) is 2.89. The number of hydrogen-bond acceptors (Lipinski definition) is 2. The Bertz CT molecular complexity index is 203. The number of carbonyl (C=O) groups is 1. The summed E-state index contributed by atoms with van der Waals surface area (Å²) >= 11 is 0. The lowest BCUT2D eigenvalue weighted by molar-refractivity contribution is -0.126. The van der Waals surface area contributed by atoms with Crippen molar-refractivity contribution in [2.75, 3.05) is 19.8 Å². The van der Waals surface area contributed by atoms with E-state index in [9.17, 15) is 4.79 Å². The smallest absolute Gasteiger partial charge is 0.245 e. The Hall–Kier alpha value is -0.570. The van der Waals surface area contributed by atoms with Crippen molar-refractivity contribution in [3.63, 3.8) is 0 Å². The predicted molar refractivity (Wildman–Crippen MR) is 76.6 cm³/mol. The third-order valence-electron chi connectivity index (χ3n) is 2.71. The molecule has 0 aliphatic heterocycles. The van der Waals surface area contributed by atoms with E-state index in [1.807, 2.05) is 0 Å². The highest BCUT2D eigenvalue weighted by molar-refractivity contribution is 5.77. The van der Waals surface area contributed by atoms with Gasteiger partial charge in [-0.1, -0.05) is 53.4 Å². The third-order valence-corrected chi connectivity index (χ3v) is 2.71. The van der Waals surface area contributed by atoms with Crippen molar-refractivity contribution in [1.29, 1.82) is 0 Å². The molecule has 0 aromatic carbocycles. The minimum absolute atomic E-state index is 0.0119. The van der Waals surface area contributed by atoms with Crippen LogP contribution in [0.5, 0.6) is 0 Å². The van der Waals surface area contributed by atoms with Gasteiger partial charge in [-0.2, -0.15) is 0 Å². The Balaban J connectivity index is 3.20. The average molecular weight is 257 g/mol. The number of hydrogen-bond donors (Lipinski definition) is 1. The molecule has 0 atom stereocenters. The van der Waals surface area contributed by atoms with Crippen LogP contribution in [-0.2, 0) is 9.53 Å².